The van der Waals surface area contributed by atoms with E-state index in [-0.39, 0.29) is 42.8 Å². The average molecular weight is 493 g/mol. The molecule has 2 aliphatic rings. The molecule has 1 saturated carbocycles. The third-order valence-electron chi connectivity index (χ3n) is 5.14. The SMILES string of the molecule is NC(=O)c1cc(Br)cnc1O[C@@H]1CCN(C(=O)Cc2ccc(OC3CC3)cn2)C[C@@H]1F. The first-order valence-electron chi connectivity index (χ1n) is 10.0. The molecule has 10 heteroatoms. The number of alkyl halides is 1. The van der Waals surface area contributed by atoms with Gasteiger partial charge in [-0.1, -0.05) is 0 Å². The second-order valence-corrected chi connectivity index (χ2v) is 8.57. The Kier molecular flexibility index (Phi) is 6.35. The molecular weight excluding hydrogens is 471 g/mol. The number of likely N-dealkylation sites (tertiary alicyclic amines) is 1. The summed E-state index contributed by atoms with van der Waals surface area (Å²) in [6.07, 6.45) is 3.57. The van der Waals surface area contributed by atoms with Crippen molar-refractivity contribution in [2.75, 3.05) is 13.1 Å². The van der Waals surface area contributed by atoms with Crippen molar-refractivity contribution in [3.05, 3.63) is 46.3 Å². The minimum Gasteiger partial charge on any atom is -0.489 e. The molecule has 1 aliphatic heterocycles. The van der Waals surface area contributed by atoms with E-state index in [0.717, 1.165) is 12.8 Å². The Bertz CT molecular complexity index is 970. The number of rotatable bonds is 7. The highest BCUT2D eigenvalue weighted by Crippen LogP contribution is 2.27. The first-order valence-corrected chi connectivity index (χ1v) is 10.8. The number of nitrogens with two attached hydrogens (primary N) is 1. The lowest BCUT2D eigenvalue weighted by Gasteiger charge is -2.34. The summed E-state index contributed by atoms with van der Waals surface area (Å²) in [5.74, 6) is -0.241. The quantitative estimate of drug-likeness (QED) is 0.635. The second kappa shape index (κ2) is 9.17. The number of hydrogen-bond acceptors (Lipinski definition) is 6. The fourth-order valence-electron chi connectivity index (χ4n) is 3.31. The lowest BCUT2D eigenvalue weighted by molar-refractivity contribution is -0.134. The maximum atomic E-state index is 14.8. The molecule has 2 amide bonds. The van der Waals surface area contributed by atoms with E-state index in [9.17, 15) is 14.0 Å². The summed E-state index contributed by atoms with van der Waals surface area (Å²) >= 11 is 3.21. The zero-order valence-corrected chi connectivity index (χ0v) is 18.3. The molecule has 31 heavy (non-hydrogen) atoms. The first-order chi connectivity index (χ1) is 14.9. The van der Waals surface area contributed by atoms with Gasteiger partial charge in [-0.05, 0) is 47.0 Å². The van der Waals surface area contributed by atoms with Crippen LogP contribution in [0.15, 0.2) is 35.1 Å². The molecule has 2 aromatic heterocycles. The van der Waals surface area contributed by atoms with Crippen LogP contribution in [0.5, 0.6) is 11.6 Å². The van der Waals surface area contributed by atoms with Crippen molar-refractivity contribution in [3.63, 3.8) is 0 Å². The number of nitrogens with zero attached hydrogens (tertiary/aromatic N) is 3. The summed E-state index contributed by atoms with van der Waals surface area (Å²) in [6.45, 7) is 0.226. The molecule has 0 bridgehead atoms. The van der Waals surface area contributed by atoms with Gasteiger partial charge in [0.15, 0.2) is 6.17 Å². The van der Waals surface area contributed by atoms with Crippen LogP contribution in [0.1, 0.15) is 35.3 Å². The molecule has 1 aliphatic carbocycles. The smallest absolute Gasteiger partial charge is 0.254 e. The minimum atomic E-state index is -1.42. The Morgan fingerprint density at radius 3 is 2.65 bits per heavy atom. The third kappa shape index (κ3) is 5.49. The Morgan fingerprint density at radius 2 is 2.00 bits per heavy atom. The van der Waals surface area contributed by atoms with Gasteiger partial charge in [0.05, 0.1) is 25.3 Å². The molecule has 8 nitrogen and oxygen atoms in total. The predicted octanol–water partition coefficient (Wildman–Crippen LogP) is 2.44. The molecule has 0 radical (unpaired) electrons. The normalized spacial score (nSPS) is 20.9. The second-order valence-electron chi connectivity index (χ2n) is 7.65. The van der Waals surface area contributed by atoms with Crippen LogP contribution in [0.4, 0.5) is 4.39 Å². The molecular formula is C21H22BrFN4O4. The van der Waals surface area contributed by atoms with Crippen LogP contribution in [-0.2, 0) is 11.2 Å². The molecule has 2 atom stereocenters. The number of pyridine rings is 2. The fourth-order valence-corrected chi connectivity index (χ4v) is 3.64. The van der Waals surface area contributed by atoms with Gasteiger partial charge in [0, 0.05) is 29.3 Å². The number of ether oxygens (including phenoxy) is 2. The molecule has 0 unspecified atom stereocenters. The highest BCUT2D eigenvalue weighted by atomic mass is 79.9. The fraction of sp³-hybridized carbons (Fsp3) is 0.429. The number of carbonyl (C=O) groups is 2. The van der Waals surface area contributed by atoms with Gasteiger partial charge in [0.2, 0.25) is 11.8 Å². The van der Waals surface area contributed by atoms with Gasteiger partial charge in [-0.25, -0.2) is 9.37 Å². The Labute approximate surface area is 187 Å². The number of amides is 2. The number of carbonyl (C=O) groups excluding carboxylic acids is 2. The minimum absolute atomic E-state index is 0.0131. The van der Waals surface area contributed by atoms with E-state index in [1.165, 1.54) is 17.2 Å². The number of primary amides is 1. The van der Waals surface area contributed by atoms with Crippen LogP contribution in [-0.4, -0.2) is 58.2 Å². The van der Waals surface area contributed by atoms with Crippen molar-refractivity contribution in [3.8, 4) is 11.6 Å². The third-order valence-corrected chi connectivity index (χ3v) is 5.57. The van der Waals surface area contributed by atoms with Crippen molar-refractivity contribution in [1.29, 1.82) is 0 Å². The number of halogens is 2. The van der Waals surface area contributed by atoms with Gasteiger partial charge >= 0.3 is 0 Å². The molecule has 4 rings (SSSR count). The number of piperidine rings is 1. The zero-order valence-electron chi connectivity index (χ0n) is 16.7. The van der Waals surface area contributed by atoms with Crippen LogP contribution in [0.2, 0.25) is 0 Å². The van der Waals surface area contributed by atoms with Crippen LogP contribution in [0.3, 0.4) is 0 Å². The van der Waals surface area contributed by atoms with Gasteiger partial charge in [-0.2, -0.15) is 0 Å². The standard InChI is InChI=1S/C21H22BrFN4O4/c22-12-7-16(20(24)29)21(26-9-12)31-18-5-6-27(11-17(18)23)19(28)8-13-1-2-15(10-25-13)30-14-3-4-14/h1-2,7,9-10,14,17-18H,3-6,8,11H2,(H2,24,29)/t17-,18+/m0/s1. The Balaban J connectivity index is 1.32. The first kappa shape index (κ1) is 21.5. The molecule has 0 aromatic carbocycles. The molecule has 2 aromatic rings. The average Bonchev–Trinajstić information content (AvgIpc) is 3.56. The van der Waals surface area contributed by atoms with E-state index < -0.39 is 18.2 Å². The van der Waals surface area contributed by atoms with Gasteiger partial charge in [0.25, 0.3) is 5.91 Å². The summed E-state index contributed by atoms with van der Waals surface area (Å²) < 4.78 is 26.6. The zero-order chi connectivity index (χ0) is 22.0. The van der Waals surface area contributed by atoms with E-state index in [1.54, 1.807) is 18.3 Å². The number of aromatic nitrogens is 2. The van der Waals surface area contributed by atoms with Crippen molar-refractivity contribution >= 4 is 27.7 Å². The maximum absolute atomic E-state index is 14.8. The van der Waals surface area contributed by atoms with Crippen LogP contribution < -0.4 is 15.2 Å². The Hall–Kier alpha value is -2.75. The molecule has 164 valence electrons. The van der Waals surface area contributed by atoms with E-state index in [1.807, 2.05) is 0 Å². The van der Waals surface area contributed by atoms with Crippen molar-refractivity contribution in [2.45, 2.75) is 44.1 Å². The molecule has 1 saturated heterocycles. The molecule has 2 N–H and O–H groups in total. The molecule has 3 heterocycles. The van der Waals surface area contributed by atoms with Gasteiger partial charge < -0.3 is 20.1 Å². The largest absolute Gasteiger partial charge is 0.489 e. The van der Waals surface area contributed by atoms with Crippen molar-refractivity contribution < 1.29 is 23.5 Å². The summed E-state index contributed by atoms with van der Waals surface area (Å²) in [5.41, 5.74) is 6.03. The van der Waals surface area contributed by atoms with Crippen LogP contribution in [0.25, 0.3) is 0 Å². The summed E-state index contributed by atoms with van der Waals surface area (Å²) in [7, 11) is 0. The summed E-state index contributed by atoms with van der Waals surface area (Å²) in [4.78, 5) is 34.0. The lowest BCUT2D eigenvalue weighted by atomic mass is 10.0. The van der Waals surface area contributed by atoms with Gasteiger partial charge in [-0.3, -0.25) is 14.6 Å². The maximum Gasteiger partial charge on any atom is 0.254 e. The van der Waals surface area contributed by atoms with Crippen molar-refractivity contribution in [2.24, 2.45) is 5.73 Å². The molecule has 2 fully saturated rings. The van der Waals surface area contributed by atoms with Crippen molar-refractivity contribution in [1.82, 2.24) is 14.9 Å². The highest BCUT2D eigenvalue weighted by Gasteiger charge is 2.34. The highest BCUT2D eigenvalue weighted by molar-refractivity contribution is 9.10. The topological polar surface area (TPSA) is 108 Å². The van der Waals surface area contributed by atoms with E-state index in [0.29, 0.717) is 22.5 Å². The summed E-state index contributed by atoms with van der Waals surface area (Å²) in [6, 6.07) is 5.03. The van der Waals surface area contributed by atoms with Gasteiger partial charge in [0.1, 0.15) is 17.4 Å². The number of hydrogen-bond donors (Lipinski definition) is 1. The molecule has 0 spiro atoms. The van der Waals surface area contributed by atoms with E-state index >= 15 is 0 Å². The lowest BCUT2D eigenvalue weighted by Crippen LogP contribution is -2.49. The van der Waals surface area contributed by atoms with E-state index in [4.69, 9.17) is 15.2 Å². The van der Waals surface area contributed by atoms with Crippen LogP contribution in [0, 0.1) is 0 Å². The van der Waals surface area contributed by atoms with Crippen LogP contribution >= 0.6 is 15.9 Å². The van der Waals surface area contributed by atoms with E-state index in [2.05, 4.69) is 25.9 Å². The van der Waals surface area contributed by atoms with Gasteiger partial charge in [-0.15, -0.1) is 0 Å². The summed E-state index contributed by atoms with van der Waals surface area (Å²) in [5, 5.41) is 0. The monoisotopic (exact) mass is 492 g/mol. The Morgan fingerprint density at radius 1 is 1.19 bits per heavy atom. The predicted molar refractivity (Wildman–Crippen MR) is 113 cm³/mol.